The molecule has 5 nitrogen and oxygen atoms in total. The second-order valence-corrected chi connectivity index (χ2v) is 7.42. The largest absolute Gasteiger partial charge is 0.298 e. The number of Topliss-reactive ketones (excluding diaryl/α,β-unsaturated/α-hetero) is 1. The standard InChI is InChI=1S/C25H20F2N4O/c26-19-5-1-17(2-6-19)23(13-21-9-11-28-15-30-21)25(32)24(14-22-10-12-29-16-31-22)18-3-7-20(27)8-4-18/h1-12,15-16,23-24H,13-14H2. The highest BCUT2D eigenvalue weighted by atomic mass is 19.1. The lowest BCUT2D eigenvalue weighted by molar-refractivity contribution is -0.122. The fourth-order valence-corrected chi connectivity index (χ4v) is 3.69. The summed E-state index contributed by atoms with van der Waals surface area (Å²) >= 11 is 0. The normalized spacial score (nSPS) is 12.8. The fraction of sp³-hybridized carbons (Fsp3) is 0.160. The van der Waals surface area contributed by atoms with Gasteiger partial charge < -0.3 is 0 Å². The maximum Gasteiger partial charge on any atom is 0.148 e. The Hall–Kier alpha value is -3.87. The van der Waals surface area contributed by atoms with Gasteiger partial charge in [0.25, 0.3) is 0 Å². The van der Waals surface area contributed by atoms with Gasteiger partial charge in [-0.2, -0.15) is 0 Å². The van der Waals surface area contributed by atoms with E-state index in [-0.39, 0.29) is 17.4 Å². The van der Waals surface area contributed by atoms with E-state index in [1.165, 1.54) is 36.9 Å². The highest BCUT2D eigenvalue weighted by Gasteiger charge is 2.30. The Morgan fingerprint density at radius 1 is 0.656 bits per heavy atom. The van der Waals surface area contributed by atoms with Crippen molar-refractivity contribution in [3.63, 3.8) is 0 Å². The molecular formula is C25H20F2N4O. The Kier molecular flexibility index (Phi) is 6.65. The van der Waals surface area contributed by atoms with Gasteiger partial charge in [-0.25, -0.2) is 28.7 Å². The summed E-state index contributed by atoms with van der Waals surface area (Å²) in [6, 6.07) is 15.3. The van der Waals surface area contributed by atoms with Crippen LogP contribution in [-0.2, 0) is 17.6 Å². The number of halogens is 2. The molecule has 0 radical (unpaired) electrons. The molecule has 2 aromatic heterocycles. The van der Waals surface area contributed by atoms with E-state index in [0.29, 0.717) is 35.4 Å². The lowest BCUT2D eigenvalue weighted by atomic mass is 9.79. The van der Waals surface area contributed by atoms with E-state index in [1.807, 2.05) is 0 Å². The Morgan fingerprint density at radius 2 is 1.06 bits per heavy atom. The average Bonchev–Trinajstić information content (AvgIpc) is 2.83. The summed E-state index contributed by atoms with van der Waals surface area (Å²) in [6.07, 6.45) is 6.75. The number of benzene rings is 2. The van der Waals surface area contributed by atoms with E-state index in [4.69, 9.17) is 0 Å². The zero-order valence-electron chi connectivity index (χ0n) is 17.1. The molecule has 0 saturated heterocycles. The van der Waals surface area contributed by atoms with E-state index in [9.17, 15) is 13.6 Å². The summed E-state index contributed by atoms with van der Waals surface area (Å²) in [5, 5.41) is 0. The van der Waals surface area contributed by atoms with Gasteiger partial charge in [0, 0.05) is 48.5 Å². The van der Waals surface area contributed by atoms with Crippen molar-refractivity contribution in [2.75, 3.05) is 0 Å². The van der Waals surface area contributed by atoms with Crippen molar-refractivity contribution in [1.29, 1.82) is 0 Å². The summed E-state index contributed by atoms with van der Waals surface area (Å²) in [5.74, 6) is -2.00. The molecule has 4 aromatic rings. The van der Waals surface area contributed by atoms with E-state index < -0.39 is 11.8 Å². The lowest BCUT2D eigenvalue weighted by Crippen LogP contribution is -2.25. The highest BCUT2D eigenvalue weighted by Crippen LogP contribution is 2.31. The van der Waals surface area contributed by atoms with E-state index >= 15 is 0 Å². The minimum Gasteiger partial charge on any atom is -0.298 e. The van der Waals surface area contributed by atoms with Gasteiger partial charge in [0.2, 0.25) is 0 Å². The van der Waals surface area contributed by atoms with Gasteiger partial charge in [0.15, 0.2) is 0 Å². The molecule has 0 bridgehead atoms. The molecule has 2 heterocycles. The van der Waals surface area contributed by atoms with Crippen LogP contribution >= 0.6 is 0 Å². The van der Waals surface area contributed by atoms with Crippen molar-refractivity contribution >= 4 is 5.78 Å². The quantitative estimate of drug-likeness (QED) is 0.413. The van der Waals surface area contributed by atoms with Crippen LogP contribution in [-0.4, -0.2) is 25.7 Å². The molecule has 4 rings (SSSR count). The number of nitrogens with zero attached hydrogens (tertiary/aromatic N) is 4. The topological polar surface area (TPSA) is 68.6 Å². The van der Waals surface area contributed by atoms with Crippen LogP contribution in [0.1, 0.15) is 34.4 Å². The molecule has 0 spiro atoms. The van der Waals surface area contributed by atoms with Gasteiger partial charge in [0.05, 0.1) is 0 Å². The van der Waals surface area contributed by atoms with Crippen molar-refractivity contribution < 1.29 is 13.6 Å². The molecule has 32 heavy (non-hydrogen) atoms. The van der Waals surface area contributed by atoms with Crippen molar-refractivity contribution in [2.24, 2.45) is 0 Å². The Balaban J connectivity index is 1.73. The molecule has 7 heteroatoms. The summed E-state index contributed by atoms with van der Waals surface area (Å²) < 4.78 is 27.1. The van der Waals surface area contributed by atoms with Crippen LogP contribution in [0.3, 0.4) is 0 Å². The number of carbonyl (C=O) groups excluding carboxylic acids is 1. The molecule has 0 aliphatic carbocycles. The van der Waals surface area contributed by atoms with Crippen LogP contribution in [0, 0.1) is 11.6 Å². The molecule has 0 N–H and O–H groups in total. The number of carbonyl (C=O) groups is 1. The van der Waals surface area contributed by atoms with Crippen LogP contribution in [0.15, 0.2) is 85.7 Å². The fourth-order valence-electron chi connectivity index (χ4n) is 3.69. The van der Waals surface area contributed by atoms with Gasteiger partial charge >= 0.3 is 0 Å². The van der Waals surface area contributed by atoms with E-state index in [2.05, 4.69) is 19.9 Å². The number of rotatable bonds is 8. The number of hydrogen-bond donors (Lipinski definition) is 0. The second-order valence-electron chi connectivity index (χ2n) is 7.42. The predicted molar refractivity (Wildman–Crippen MR) is 115 cm³/mol. The van der Waals surface area contributed by atoms with Gasteiger partial charge in [-0.3, -0.25) is 4.79 Å². The third kappa shape index (κ3) is 5.24. The van der Waals surface area contributed by atoms with Crippen LogP contribution in [0.25, 0.3) is 0 Å². The summed E-state index contributed by atoms with van der Waals surface area (Å²) in [7, 11) is 0. The molecule has 0 fully saturated rings. The van der Waals surface area contributed by atoms with Crippen LogP contribution < -0.4 is 0 Å². The Bertz CT molecular complexity index is 1060. The first-order valence-corrected chi connectivity index (χ1v) is 10.1. The molecule has 160 valence electrons. The number of ketones is 1. The molecule has 0 amide bonds. The van der Waals surface area contributed by atoms with E-state index in [1.54, 1.807) is 48.8 Å². The van der Waals surface area contributed by atoms with Crippen LogP contribution in [0.5, 0.6) is 0 Å². The first kappa shape index (κ1) is 21.4. The van der Waals surface area contributed by atoms with Crippen molar-refractivity contribution in [1.82, 2.24) is 19.9 Å². The molecule has 0 aliphatic rings. The maximum atomic E-state index is 13.9. The van der Waals surface area contributed by atoms with E-state index in [0.717, 1.165) is 0 Å². The predicted octanol–water partition coefficient (Wildman–Crippen LogP) is 4.47. The average molecular weight is 430 g/mol. The van der Waals surface area contributed by atoms with Gasteiger partial charge in [-0.1, -0.05) is 24.3 Å². The molecule has 2 atom stereocenters. The van der Waals surface area contributed by atoms with Crippen molar-refractivity contribution in [3.8, 4) is 0 Å². The van der Waals surface area contributed by atoms with Crippen LogP contribution in [0.4, 0.5) is 8.78 Å². The third-order valence-electron chi connectivity index (χ3n) is 5.34. The number of hydrogen-bond acceptors (Lipinski definition) is 5. The van der Waals surface area contributed by atoms with Crippen molar-refractivity contribution in [3.05, 3.63) is 120 Å². The molecule has 0 saturated carbocycles. The van der Waals surface area contributed by atoms with Crippen molar-refractivity contribution in [2.45, 2.75) is 24.7 Å². The first-order valence-electron chi connectivity index (χ1n) is 10.1. The first-order chi connectivity index (χ1) is 15.6. The molecule has 0 aliphatic heterocycles. The van der Waals surface area contributed by atoms with Crippen LogP contribution in [0.2, 0.25) is 0 Å². The van der Waals surface area contributed by atoms with Gasteiger partial charge in [-0.05, 0) is 47.5 Å². The summed E-state index contributed by atoms with van der Waals surface area (Å²) in [6.45, 7) is 0. The third-order valence-corrected chi connectivity index (χ3v) is 5.34. The molecule has 2 unspecified atom stereocenters. The van der Waals surface area contributed by atoms with Gasteiger partial charge in [0.1, 0.15) is 30.1 Å². The molecule has 2 aromatic carbocycles. The zero-order chi connectivity index (χ0) is 22.3. The summed E-state index contributed by atoms with van der Waals surface area (Å²) in [4.78, 5) is 30.3. The SMILES string of the molecule is O=C(C(Cc1ccncn1)c1ccc(F)cc1)C(Cc1ccncn1)c1ccc(F)cc1. The van der Waals surface area contributed by atoms with Gasteiger partial charge in [-0.15, -0.1) is 0 Å². The monoisotopic (exact) mass is 430 g/mol. The lowest BCUT2D eigenvalue weighted by Gasteiger charge is -2.23. The number of aromatic nitrogens is 4. The zero-order valence-corrected chi connectivity index (χ0v) is 17.1. The smallest absolute Gasteiger partial charge is 0.148 e. The highest BCUT2D eigenvalue weighted by molar-refractivity contribution is 5.92. The Labute approximate surface area is 184 Å². The summed E-state index contributed by atoms with van der Waals surface area (Å²) in [5.41, 5.74) is 2.76. The minimum absolute atomic E-state index is 0.0829. The molecular weight excluding hydrogens is 410 g/mol. The second kappa shape index (κ2) is 9.96. The minimum atomic E-state index is -0.581. The Morgan fingerprint density at radius 3 is 1.41 bits per heavy atom. The maximum absolute atomic E-state index is 13.9.